The Morgan fingerprint density at radius 1 is 0.929 bits per heavy atom. The second kappa shape index (κ2) is 7.62. The van der Waals surface area contributed by atoms with Crippen molar-refractivity contribution in [3.63, 3.8) is 0 Å². The number of phenols is 1. The summed E-state index contributed by atoms with van der Waals surface area (Å²) in [6, 6.07) is 12.3. The van der Waals surface area contributed by atoms with Crippen LogP contribution in [0.2, 0.25) is 10.0 Å². The van der Waals surface area contributed by atoms with Crippen LogP contribution in [0.5, 0.6) is 5.75 Å². The quantitative estimate of drug-likeness (QED) is 0.461. The van der Waals surface area contributed by atoms with Gasteiger partial charge < -0.3 is 10.4 Å². The molecule has 1 atom stereocenters. The Hall–Kier alpha value is -2.89. The summed E-state index contributed by atoms with van der Waals surface area (Å²) in [5.41, 5.74) is 2.86. The summed E-state index contributed by atoms with van der Waals surface area (Å²) in [5, 5.41) is 16.2. The van der Waals surface area contributed by atoms with Gasteiger partial charge in [0.15, 0.2) is 0 Å². The zero-order valence-corrected chi connectivity index (χ0v) is 16.4. The van der Waals surface area contributed by atoms with E-state index in [0.717, 1.165) is 16.5 Å². The highest BCUT2D eigenvalue weighted by molar-refractivity contribution is 6.34. The van der Waals surface area contributed by atoms with Gasteiger partial charge in [-0.2, -0.15) is 0 Å². The van der Waals surface area contributed by atoms with Crippen molar-refractivity contribution in [3.8, 4) is 5.75 Å². The molecule has 0 aliphatic rings. The molecule has 2 heterocycles. The van der Waals surface area contributed by atoms with Gasteiger partial charge in [-0.05, 0) is 54.4 Å². The average Bonchev–Trinajstić information content (AvgIpc) is 2.67. The van der Waals surface area contributed by atoms with Crippen LogP contribution in [0, 0.1) is 6.92 Å². The first kappa shape index (κ1) is 18.5. The maximum atomic E-state index is 11.1. The molecule has 0 amide bonds. The Balaban J connectivity index is 1.94. The number of hydrogen-bond acceptors (Lipinski definition) is 5. The molecule has 7 heteroatoms. The maximum Gasteiger partial charge on any atom is 0.223 e. The first-order valence-electron chi connectivity index (χ1n) is 8.59. The van der Waals surface area contributed by atoms with Crippen molar-refractivity contribution in [1.82, 2.24) is 15.0 Å². The molecule has 2 aromatic carbocycles. The lowest BCUT2D eigenvalue weighted by molar-refractivity contribution is 0.471. The number of aryl methyl sites for hydroxylation is 1. The Morgan fingerprint density at radius 2 is 1.61 bits per heavy atom. The molecule has 4 aromatic rings. The molecule has 28 heavy (non-hydrogen) atoms. The number of aromatic nitrogens is 3. The summed E-state index contributed by atoms with van der Waals surface area (Å²) in [7, 11) is 0. The van der Waals surface area contributed by atoms with Gasteiger partial charge in [0.2, 0.25) is 5.95 Å². The Morgan fingerprint density at radius 3 is 2.32 bits per heavy atom. The van der Waals surface area contributed by atoms with Gasteiger partial charge in [-0.25, -0.2) is 9.97 Å². The first-order valence-corrected chi connectivity index (χ1v) is 9.35. The number of nitrogens with one attached hydrogen (secondary N) is 1. The van der Waals surface area contributed by atoms with Crippen LogP contribution in [0.25, 0.3) is 10.9 Å². The Labute approximate surface area is 172 Å². The second-order valence-corrected chi connectivity index (χ2v) is 7.26. The third-order valence-corrected chi connectivity index (χ3v) is 4.90. The predicted molar refractivity (Wildman–Crippen MR) is 112 cm³/mol. The molecule has 0 spiro atoms. The van der Waals surface area contributed by atoms with Gasteiger partial charge in [0.25, 0.3) is 0 Å². The topological polar surface area (TPSA) is 70.9 Å². The molecule has 2 N–H and O–H groups in total. The fraction of sp³-hybridized carbons (Fsp3) is 0.0952. The molecule has 0 bridgehead atoms. The van der Waals surface area contributed by atoms with Crippen LogP contribution in [-0.4, -0.2) is 20.1 Å². The smallest absolute Gasteiger partial charge is 0.223 e. The Kier molecular flexibility index (Phi) is 5.03. The molecular formula is C21H16Cl2N4O. The highest BCUT2D eigenvalue weighted by Crippen LogP contribution is 2.39. The van der Waals surface area contributed by atoms with Gasteiger partial charge in [0.05, 0.1) is 6.04 Å². The summed E-state index contributed by atoms with van der Waals surface area (Å²) in [6.45, 7) is 1.94. The van der Waals surface area contributed by atoms with Crippen molar-refractivity contribution in [3.05, 3.63) is 87.8 Å². The summed E-state index contributed by atoms with van der Waals surface area (Å²) < 4.78 is 0. The van der Waals surface area contributed by atoms with Crippen LogP contribution >= 0.6 is 23.2 Å². The number of nitrogens with zero attached hydrogens (tertiary/aromatic N) is 3. The van der Waals surface area contributed by atoms with Crippen LogP contribution in [-0.2, 0) is 0 Å². The van der Waals surface area contributed by atoms with Crippen LogP contribution in [0.15, 0.2) is 61.1 Å². The molecule has 140 valence electrons. The number of pyridine rings is 1. The normalized spacial score (nSPS) is 12.1. The standard InChI is InChI=1S/C21H16Cl2N4O/c1-12-8-13-4-2-5-24-19(13)20(28)17(12)18(27-21-25-6-3-7-26-21)14-9-15(22)11-16(23)10-14/h2-11,18,28H,1H3,(H,25,26,27). The SMILES string of the molecule is Cc1cc2cccnc2c(O)c1C(Nc1ncccn1)c1cc(Cl)cc(Cl)c1. The number of phenolic OH excluding ortho intramolecular Hbond substituents is 1. The van der Waals surface area contributed by atoms with Crippen LogP contribution in [0.4, 0.5) is 5.95 Å². The second-order valence-electron chi connectivity index (χ2n) is 6.38. The third kappa shape index (κ3) is 3.59. The van der Waals surface area contributed by atoms with Crippen LogP contribution in [0.3, 0.4) is 0 Å². The van der Waals surface area contributed by atoms with Crippen molar-refractivity contribution in [1.29, 1.82) is 0 Å². The maximum absolute atomic E-state index is 11.1. The van der Waals surface area contributed by atoms with Gasteiger partial charge in [-0.15, -0.1) is 0 Å². The minimum absolute atomic E-state index is 0.0973. The van der Waals surface area contributed by atoms with Crippen molar-refractivity contribution < 1.29 is 5.11 Å². The highest BCUT2D eigenvalue weighted by Gasteiger charge is 2.24. The van der Waals surface area contributed by atoms with E-state index >= 15 is 0 Å². The van der Waals surface area contributed by atoms with Crippen molar-refractivity contribution in [2.45, 2.75) is 13.0 Å². The van der Waals surface area contributed by atoms with E-state index in [1.54, 1.807) is 42.9 Å². The van der Waals surface area contributed by atoms with Gasteiger partial charge in [-0.3, -0.25) is 4.98 Å². The number of fused-ring (bicyclic) bond motifs is 1. The van der Waals surface area contributed by atoms with Crippen molar-refractivity contribution in [2.75, 3.05) is 5.32 Å². The lowest BCUT2D eigenvalue weighted by Gasteiger charge is -2.23. The fourth-order valence-corrected chi connectivity index (χ4v) is 3.83. The molecule has 0 aliphatic carbocycles. The summed E-state index contributed by atoms with van der Waals surface area (Å²) in [6.07, 6.45) is 4.94. The van der Waals surface area contributed by atoms with E-state index in [1.165, 1.54) is 0 Å². The molecule has 0 aliphatic heterocycles. The zero-order valence-electron chi connectivity index (χ0n) is 14.9. The zero-order chi connectivity index (χ0) is 19.7. The van der Waals surface area contributed by atoms with Gasteiger partial charge in [-0.1, -0.05) is 29.3 Å². The van der Waals surface area contributed by atoms with Crippen LogP contribution in [0.1, 0.15) is 22.7 Å². The first-order chi connectivity index (χ1) is 13.5. The molecule has 1 unspecified atom stereocenters. The van der Waals surface area contributed by atoms with Crippen LogP contribution < -0.4 is 5.32 Å². The van der Waals surface area contributed by atoms with Gasteiger partial charge >= 0.3 is 0 Å². The van der Waals surface area contributed by atoms with E-state index in [4.69, 9.17) is 23.2 Å². The van der Waals surface area contributed by atoms with E-state index in [-0.39, 0.29) is 5.75 Å². The van der Waals surface area contributed by atoms with E-state index in [0.29, 0.717) is 27.1 Å². The van der Waals surface area contributed by atoms with E-state index in [1.807, 2.05) is 25.1 Å². The minimum atomic E-state index is -0.481. The Bertz CT molecular complexity index is 1130. The molecule has 0 radical (unpaired) electrons. The lowest BCUT2D eigenvalue weighted by Crippen LogP contribution is -2.16. The van der Waals surface area contributed by atoms with E-state index in [9.17, 15) is 5.11 Å². The highest BCUT2D eigenvalue weighted by atomic mass is 35.5. The summed E-state index contributed by atoms with van der Waals surface area (Å²) >= 11 is 12.5. The minimum Gasteiger partial charge on any atom is -0.505 e. The molecule has 0 saturated heterocycles. The number of hydrogen-bond donors (Lipinski definition) is 2. The molecule has 2 aromatic heterocycles. The number of benzene rings is 2. The predicted octanol–water partition coefficient (Wildman–Crippen LogP) is 5.55. The third-order valence-electron chi connectivity index (χ3n) is 4.46. The lowest BCUT2D eigenvalue weighted by atomic mass is 9.92. The molecule has 0 saturated carbocycles. The van der Waals surface area contributed by atoms with E-state index < -0.39 is 6.04 Å². The molecule has 5 nitrogen and oxygen atoms in total. The number of aromatic hydroxyl groups is 1. The monoisotopic (exact) mass is 410 g/mol. The average molecular weight is 411 g/mol. The van der Waals surface area contributed by atoms with Gasteiger partial charge in [0.1, 0.15) is 11.3 Å². The van der Waals surface area contributed by atoms with E-state index in [2.05, 4.69) is 20.3 Å². The molecule has 0 fully saturated rings. The summed E-state index contributed by atoms with van der Waals surface area (Å²) in [4.78, 5) is 12.8. The number of anilines is 1. The fourth-order valence-electron chi connectivity index (χ4n) is 3.29. The molecular weight excluding hydrogens is 395 g/mol. The van der Waals surface area contributed by atoms with Crippen molar-refractivity contribution >= 4 is 40.1 Å². The van der Waals surface area contributed by atoms with Crippen molar-refractivity contribution in [2.24, 2.45) is 0 Å². The molecule has 4 rings (SSSR count). The number of halogens is 2. The number of rotatable bonds is 4. The largest absolute Gasteiger partial charge is 0.505 e. The van der Waals surface area contributed by atoms with Gasteiger partial charge in [0, 0.05) is 39.6 Å². The summed E-state index contributed by atoms with van der Waals surface area (Å²) in [5.74, 6) is 0.517.